The van der Waals surface area contributed by atoms with Gasteiger partial charge in [0, 0.05) is 0 Å². The second kappa shape index (κ2) is 8.44. The number of carbonyl (C=O) groups excluding carboxylic acids is 3. The van der Waals surface area contributed by atoms with Gasteiger partial charge in [-0.25, -0.2) is 4.79 Å². The summed E-state index contributed by atoms with van der Waals surface area (Å²) >= 11 is 0. The molecule has 1 unspecified atom stereocenters. The lowest BCUT2D eigenvalue weighted by molar-refractivity contribution is -0.154. The fourth-order valence-corrected chi connectivity index (χ4v) is 3.12. The average molecular weight is 412 g/mol. The van der Waals surface area contributed by atoms with Gasteiger partial charge in [-0.2, -0.15) is 0 Å². The number of hydrogen-bond donors (Lipinski definition) is 1. The van der Waals surface area contributed by atoms with Crippen molar-refractivity contribution in [2.75, 3.05) is 23.9 Å². The first-order valence-corrected chi connectivity index (χ1v) is 9.45. The van der Waals surface area contributed by atoms with Crippen molar-refractivity contribution in [3.63, 3.8) is 0 Å². The molecule has 2 amide bonds. The molecule has 0 aliphatic carbocycles. The molecule has 2 aromatic carbocycles. The summed E-state index contributed by atoms with van der Waals surface area (Å²) in [5.74, 6) is -0.387. The predicted octanol–water partition coefficient (Wildman–Crippen LogP) is 2.77. The van der Waals surface area contributed by atoms with Crippen LogP contribution in [0.3, 0.4) is 0 Å². The molecular weight excluding hydrogens is 388 g/mol. The van der Waals surface area contributed by atoms with Crippen molar-refractivity contribution >= 4 is 29.2 Å². The van der Waals surface area contributed by atoms with Crippen LogP contribution in [0.1, 0.15) is 20.8 Å². The summed E-state index contributed by atoms with van der Waals surface area (Å²) in [6, 6.07) is 13.7. The SMILES string of the molecule is COc1ccc(OC(C)C(=O)OCC(=O)N2c3ccccc3NC(=O)C2(C)C)cc1. The van der Waals surface area contributed by atoms with Gasteiger partial charge in [0.25, 0.3) is 5.91 Å². The van der Waals surface area contributed by atoms with Gasteiger partial charge >= 0.3 is 5.97 Å². The molecule has 1 heterocycles. The minimum Gasteiger partial charge on any atom is -0.497 e. The Balaban J connectivity index is 1.65. The number of esters is 1. The van der Waals surface area contributed by atoms with E-state index < -0.39 is 30.1 Å². The third-order valence-corrected chi connectivity index (χ3v) is 4.80. The van der Waals surface area contributed by atoms with Crippen molar-refractivity contribution < 1.29 is 28.6 Å². The Kier molecular flexibility index (Phi) is 5.96. The highest BCUT2D eigenvalue weighted by Crippen LogP contribution is 2.36. The number of carbonyl (C=O) groups is 3. The highest BCUT2D eigenvalue weighted by atomic mass is 16.6. The van der Waals surface area contributed by atoms with Gasteiger partial charge in [-0.3, -0.25) is 14.5 Å². The molecule has 0 fully saturated rings. The lowest BCUT2D eigenvalue weighted by Crippen LogP contribution is -2.59. The number of methoxy groups -OCH3 is 1. The molecule has 0 saturated carbocycles. The lowest BCUT2D eigenvalue weighted by atomic mass is 9.96. The number of rotatable bonds is 6. The average Bonchev–Trinajstić information content (AvgIpc) is 2.73. The molecule has 158 valence electrons. The zero-order valence-electron chi connectivity index (χ0n) is 17.3. The molecule has 0 bridgehead atoms. The van der Waals surface area contributed by atoms with Crippen molar-refractivity contribution in [3.05, 3.63) is 48.5 Å². The van der Waals surface area contributed by atoms with E-state index >= 15 is 0 Å². The summed E-state index contributed by atoms with van der Waals surface area (Å²) in [5, 5.41) is 2.78. The Morgan fingerprint density at radius 2 is 1.70 bits per heavy atom. The van der Waals surface area contributed by atoms with Crippen LogP contribution in [0.15, 0.2) is 48.5 Å². The van der Waals surface area contributed by atoms with Crippen LogP contribution in [-0.4, -0.2) is 43.1 Å². The van der Waals surface area contributed by atoms with Gasteiger partial charge in [-0.05, 0) is 57.2 Å². The third-order valence-electron chi connectivity index (χ3n) is 4.80. The number of para-hydroxylation sites is 2. The number of amides is 2. The molecular formula is C22H24N2O6. The summed E-state index contributed by atoms with van der Waals surface area (Å²) < 4.78 is 15.8. The number of hydrogen-bond acceptors (Lipinski definition) is 6. The Morgan fingerprint density at radius 3 is 2.37 bits per heavy atom. The molecule has 1 atom stereocenters. The number of nitrogens with one attached hydrogen (secondary N) is 1. The van der Waals surface area contributed by atoms with E-state index in [0.29, 0.717) is 22.9 Å². The van der Waals surface area contributed by atoms with E-state index in [1.165, 1.54) is 11.8 Å². The zero-order valence-corrected chi connectivity index (χ0v) is 17.3. The van der Waals surface area contributed by atoms with E-state index in [4.69, 9.17) is 14.2 Å². The van der Waals surface area contributed by atoms with E-state index in [2.05, 4.69) is 5.32 Å². The largest absolute Gasteiger partial charge is 0.497 e. The molecule has 0 radical (unpaired) electrons. The van der Waals surface area contributed by atoms with Crippen molar-refractivity contribution in [2.24, 2.45) is 0 Å². The summed E-state index contributed by atoms with van der Waals surface area (Å²) in [5.41, 5.74) is -0.0633. The summed E-state index contributed by atoms with van der Waals surface area (Å²) in [7, 11) is 1.55. The summed E-state index contributed by atoms with van der Waals surface area (Å²) in [6.07, 6.45) is -0.920. The third kappa shape index (κ3) is 4.22. The standard InChI is InChI=1S/C22H24N2O6/c1-14(30-16-11-9-15(28-4)10-12-16)20(26)29-13-19(25)24-18-8-6-5-7-17(18)23-21(27)22(24,2)3/h5-12,14H,13H2,1-4H3,(H,23,27). The Hall–Kier alpha value is -3.55. The maximum absolute atomic E-state index is 12.9. The molecule has 8 heteroatoms. The number of fused-ring (bicyclic) bond motifs is 1. The van der Waals surface area contributed by atoms with Crippen LogP contribution in [0.2, 0.25) is 0 Å². The van der Waals surface area contributed by atoms with Gasteiger partial charge in [0.2, 0.25) is 5.91 Å². The van der Waals surface area contributed by atoms with Crippen LogP contribution in [-0.2, 0) is 19.1 Å². The second-order valence-electron chi connectivity index (χ2n) is 7.30. The lowest BCUT2D eigenvalue weighted by Gasteiger charge is -2.41. The molecule has 0 aromatic heterocycles. The van der Waals surface area contributed by atoms with Crippen molar-refractivity contribution in [1.29, 1.82) is 0 Å². The zero-order chi connectivity index (χ0) is 21.9. The van der Waals surface area contributed by atoms with E-state index in [1.807, 2.05) is 0 Å². The van der Waals surface area contributed by atoms with E-state index in [0.717, 1.165) is 0 Å². The fourth-order valence-electron chi connectivity index (χ4n) is 3.12. The molecule has 1 aliphatic heterocycles. The first kappa shape index (κ1) is 21.2. The molecule has 3 rings (SSSR count). The quantitative estimate of drug-likeness (QED) is 0.734. The molecule has 2 aromatic rings. The van der Waals surface area contributed by atoms with Gasteiger partial charge in [0.1, 0.15) is 17.0 Å². The van der Waals surface area contributed by atoms with Crippen LogP contribution >= 0.6 is 0 Å². The van der Waals surface area contributed by atoms with E-state index in [9.17, 15) is 14.4 Å². The molecule has 0 spiro atoms. The van der Waals surface area contributed by atoms with Crippen molar-refractivity contribution in [1.82, 2.24) is 0 Å². The number of anilines is 2. The maximum atomic E-state index is 12.9. The highest BCUT2D eigenvalue weighted by Gasteiger charge is 2.43. The van der Waals surface area contributed by atoms with Crippen LogP contribution < -0.4 is 19.7 Å². The number of benzene rings is 2. The Morgan fingerprint density at radius 1 is 1.07 bits per heavy atom. The van der Waals surface area contributed by atoms with E-state index in [1.54, 1.807) is 69.5 Å². The molecule has 1 N–H and O–H groups in total. The van der Waals surface area contributed by atoms with Gasteiger partial charge in [-0.1, -0.05) is 12.1 Å². The molecule has 1 aliphatic rings. The van der Waals surface area contributed by atoms with Crippen LogP contribution in [0, 0.1) is 0 Å². The summed E-state index contributed by atoms with van der Waals surface area (Å²) in [6.45, 7) is 4.28. The highest BCUT2D eigenvalue weighted by molar-refractivity contribution is 6.14. The smallest absolute Gasteiger partial charge is 0.347 e. The van der Waals surface area contributed by atoms with Gasteiger partial charge < -0.3 is 19.5 Å². The fraction of sp³-hybridized carbons (Fsp3) is 0.318. The second-order valence-corrected chi connectivity index (χ2v) is 7.30. The number of nitrogens with zero attached hydrogens (tertiary/aromatic N) is 1. The normalized spacial score (nSPS) is 15.5. The molecule has 0 saturated heterocycles. The first-order chi connectivity index (χ1) is 14.2. The van der Waals surface area contributed by atoms with Crippen LogP contribution in [0.5, 0.6) is 11.5 Å². The number of ether oxygens (including phenoxy) is 3. The monoisotopic (exact) mass is 412 g/mol. The van der Waals surface area contributed by atoms with Gasteiger partial charge in [0.15, 0.2) is 12.7 Å². The summed E-state index contributed by atoms with van der Waals surface area (Å²) in [4.78, 5) is 39.0. The van der Waals surface area contributed by atoms with Crippen LogP contribution in [0.25, 0.3) is 0 Å². The van der Waals surface area contributed by atoms with Crippen molar-refractivity contribution in [2.45, 2.75) is 32.4 Å². The van der Waals surface area contributed by atoms with Crippen molar-refractivity contribution in [3.8, 4) is 11.5 Å². The molecule has 30 heavy (non-hydrogen) atoms. The van der Waals surface area contributed by atoms with E-state index in [-0.39, 0.29) is 5.91 Å². The maximum Gasteiger partial charge on any atom is 0.347 e. The first-order valence-electron chi connectivity index (χ1n) is 9.45. The Labute approximate surface area is 174 Å². The van der Waals surface area contributed by atoms with Gasteiger partial charge in [-0.15, -0.1) is 0 Å². The Bertz CT molecular complexity index is 954. The minimum atomic E-state index is -1.14. The van der Waals surface area contributed by atoms with Crippen LogP contribution in [0.4, 0.5) is 11.4 Å². The van der Waals surface area contributed by atoms with Gasteiger partial charge in [0.05, 0.1) is 18.5 Å². The minimum absolute atomic E-state index is 0.322. The molecule has 8 nitrogen and oxygen atoms in total. The topological polar surface area (TPSA) is 94.2 Å². The predicted molar refractivity (Wildman–Crippen MR) is 111 cm³/mol.